The molecule has 3 rings (SSSR count). The van der Waals surface area contributed by atoms with Crippen molar-refractivity contribution < 1.29 is 4.79 Å². The zero-order chi connectivity index (χ0) is 16.9. The molecule has 2 aromatic rings. The predicted molar refractivity (Wildman–Crippen MR) is 99.2 cm³/mol. The molecule has 1 amide bonds. The van der Waals surface area contributed by atoms with E-state index in [-0.39, 0.29) is 5.91 Å². The summed E-state index contributed by atoms with van der Waals surface area (Å²) in [6.45, 7) is 7.66. The number of carbonyl (C=O) groups excluding carboxylic acids is 1. The van der Waals surface area contributed by atoms with Crippen molar-refractivity contribution in [3.8, 4) is 0 Å². The fourth-order valence-electron chi connectivity index (χ4n) is 3.36. The fourth-order valence-corrected chi connectivity index (χ4v) is 3.36. The van der Waals surface area contributed by atoms with E-state index in [4.69, 9.17) is 0 Å². The monoisotopic (exact) mass is 322 g/mol. The van der Waals surface area contributed by atoms with E-state index in [0.29, 0.717) is 5.56 Å². The molecule has 1 aliphatic rings. The van der Waals surface area contributed by atoms with Crippen LogP contribution in [0.25, 0.3) is 0 Å². The van der Waals surface area contributed by atoms with Crippen molar-refractivity contribution in [3.05, 3.63) is 65.2 Å². The maximum absolute atomic E-state index is 12.4. The number of para-hydroxylation sites is 1. The second-order valence-corrected chi connectivity index (χ2v) is 6.95. The number of aryl methyl sites for hydroxylation is 1. The van der Waals surface area contributed by atoms with Gasteiger partial charge in [0.15, 0.2) is 0 Å². The first-order valence-electron chi connectivity index (χ1n) is 8.80. The summed E-state index contributed by atoms with van der Waals surface area (Å²) in [5.41, 5.74) is 3.92. The topological polar surface area (TPSA) is 32.3 Å². The van der Waals surface area contributed by atoms with E-state index in [2.05, 4.69) is 29.3 Å². The minimum Gasteiger partial charge on any atom is -0.322 e. The molecule has 1 heterocycles. The van der Waals surface area contributed by atoms with Gasteiger partial charge in [0.1, 0.15) is 0 Å². The molecule has 3 heteroatoms. The molecule has 0 aliphatic carbocycles. The van der Waals surface area contributed by atoms with Crippen LogP contribution >= 0.6 is 0 Å². The third-order valence-corrected chi connectivity index (χ3v) is 4.76. The standard InChI is InChI=1S/C21H26N2O/c1-16-6-5-13-23(14-16)15-18-9-11-19(12-10-18)21(24)22-20-8-4-3-7-17(20)2/h3-4,7-12,16H,5-6,13-15H2,1-2H3,(H,22,24). The van der Waals surface area contributed by atoms with Crippen molar-refractivity contribution >= 4 is 11.6 Å². The highest BCUT2D eigenvalue weighted by Crippen LogP contribution is 2.19. The fraction of sp³-hybridized carbons (Fsp3) is 0.381. The molecular weight excluding hydrogens is 296 g/mol. The van der Waals surface area contributed by atoms with Crippen LogP contribution in [-0.2, 0) is 6.54 Å². The van der Waals surface area contributed by atoms with Crippen LogP contribution in [-0.4, -0.2) is 23.9 Å². The quantitative estimate of drug-likeness (QED) is 0.900. The van der Waals surface area contributed by atoms with E-state index in [1.54, 1.807) is 0 Å². The lowest BCUT2D eigenvalue weighted by atomic mass is 9.99. The van der Waals surface area contributed by atoms with Gasteiger partial charge in [0.05, 0.1) is 0 Å². The van der Waals surface area contributed by atoms with Crippen LogP contribution in [0.3, 0.4) is 0 Å². The van der Waals surface area contributed by atoms with Crippen LogP contribution in [0.15, 0.2) is 48.5 Å². The molecule has 1 atom stereocenters. The molecule has 24 heavy (non-hydrogen) atoms. The van der Waals surface area contributed by atoms with Crippen LogP contribution in [0.1, 0.15) is 41.3 Å². The van der Waals surface area contributed by atoms with Crippen LogP contribution in [0, 0.1) is 12.8 Å². The first-order valence-corrected chi connectivity index (χ1v) is 8.80. The first-order chi connectivity index (χ1) is 11.6. The zero-order valence-electron chi connectivity index (χ0n) is 14.6. The number of amides is 1. The number of anilines is 1. The van der Waals surface area contributed by atoms with Crippen LogP contribution in [0.5, 0.6) is 0 Å². The summed E-state index contributed by atoms with van der Waals surface area (Å²) >= 11 is 0. The summed E-state index contributed by atoms with van der Waals surface area (Å²) in [6, 6.07) is 15.8. The van der Waals surface area contributed by atoms with Gasteiger partial charge in [-0.1, -0.05) is 37.3 Å². The van der Waals surface area contributed by atoms with Crippen molar-refractivity contribution in [2.45, 2.75) is 33.2 Å². The number of rotatable bonds is 4. The molecule has 2 aromatic carbocycles. The Labute approximate surface area is 144 Å². The molecule has 0 radical (unpaired) electrons. The number of hydrogen-bond acceptors (Lipinski definition) is 2. The molecule has 0 aromatic heterocycles. The molecule has 1 unspecified atom stereocenters. The van der Waals surface area contributed by atoms with Crippen LogP contribution in [0.2, 0.25) is 0 Å². The number of carbonyl (C=O) groups is 1. The molecule has 126 valence electrons. The lowest BCUT2D eigenvalue weighted by molar-refractivity contribution is 0.102. The molecule has 1 fully saturated rings. The molecule has 3 nitrogen and oxygen atoms in total. The smallest absolute Gasteiger partial charge is 0.255 e. The lowest BCUT2D eigenvalue weighted by Gasteiger charge is -2.30. The van der Waals surface area contributed by atoms with Crippen LogP contribution < -0.4 is 5.32 Å². The third-order valence-electron chi connectivity index (χ3n) is 4.76. The lowest BCUT2D eigenvalue weighted by Crippen LogP contribution is -2.33. The first kappa shape index (κ1) is 16.7. The normalized spacial score (nSPS) is 18.3. The summed E-state index contributed by atoms with van der Waals surface area (Å²) in [5, 5.41) is 2.98. The maximum atomic E-state index is 12.4. The molecule has 0 spiro atoms. The Hall–Kier alpha value is -2.13. The average Bonchev–Trinajstić information content (AvgIpc) is 2.57. The highest BCUT2D eigenvalue weighted by Gasteiger charge is 2.16. The highest BCUT2D eigenvalue weighted by molar-refractivity contribution is 6.04. The van der Waals surface area contributed by atoms with Gasteiger partial charge in [0.2, 0.25) is 0 Å². The van der Waals surface area contributed by atoms with Gasteiger partial charge in [0.25, 0.3) is 5.91 Å². The Kier molecular flexibility index (Phi) is 5.31. The number of likely N-dealkylation sites (tertiary alicyclic amines) is 1. The second-order valence-electron chi connectivity index (χ2n) is 6.95. The second kappa shape index (κ2) is 7.63. The molecule has 1 N–H and O–H groups in total. The maximum Gasteiger partial charge on any atom is 0.255 e. The number of benzene rings is 2. The number of nitrogens with zero attached hydrogens (tertiary/aromatic N) is 1. The van der Waals surface area contributed by atoms with Crippen LogP contribution in [0.4, 0.5) is 5.69 Å². The Morgan fingerprint density at radius 1 is 1.17 bits per heavy atom. The van der Waals surface area contributed by atoms with E-state index >= 15 is 0 Å². The highest BCUT2D eigenvalue weighted by atomic mass is 16.1. The molecular formula is C21H26N2O. The Balaban J connectivity index is 1.61. The summed E-state index contributed by atoms with van der Waals surface area (Å²) in [4.78, 5) is 14.9. The van der Waals surface area contributed by atoms with Gasteiger partial charge in [-0.15, -0.1) is 0 Å². The van der Waals surface area contributed by atoms with Gasteiger partial charge in [-0.3, -0.25) is 9.69 Å². The van der Waals surface area contributed by atoms with E-state index in [9.17, 15) is 4.79 Å². The van der Waals surface area contributed by atoms with Gasteiger partial charge in [0, 0.05) is 24.3 Å². The molecule has 0 bridgehead atoms. The van der Waals surface area contributed by atoms with Crippen molar-refractivity contribution in [2.75, 3.05) is 18.4 Å². The van der Waals surface area contributed by atoms with E-state index in [0.717, 1.165) is 23.7 Å². The zero-order valence-corrected chi connectivity index (χ0v) is 14.6. The van der Waals surface area contributed by atoms with Crippen molar-refractivity contribution in [2.24, 2.45) is 5.92 Å². The largest absolute Gasteiger partial charge is 0.322 e. The van der Waals surface area contributed by atoms with Crippen molar-refractivity contribution in [1.29, 1.82) is 0 Å². The Morgan fingerprint density at radius 3 is 2.62 bits per heavy atom. The number of hydrogen-bond donors (Lipinski definition) is 1. The van der Waals surface area contributed by atoms with Gasteiger partial charge in [-0.25, -0.2) is 0 Å². The SMILES string of the molecule is Cc1ccccc1NC(=O)c1ccc(CN2CCCC(C)C2)cc1. The Bertz CT molecular complexity index is 693. The van der Waals surface area contributed by atoms with Gasteiger partial charge in [-0.05, 0) is 61.6 Å². The van der Waals surface area contributed by atoms with E-state index < -0.39 is 0 Å². The molecule has 0 saturated carbocycles. The van der Waals surface area contributed by atoms with Gasteiger partial charge < -0.3 is 5.32 Å². The number of piperidine rings is 1. The Morgan fingerprint density at radius 2 is 1.92 bits per heavy atom. The third kappa shape index (κ3) is 4.24. The summed E-state index contributed by atoms with van der Waals surface area (Å²) < 4.78 is 0. The van der Waals surface area contributed by atoms with Crippen molar-refractivity contribution in [1.82, 2.24) is 4.90 Å². The summed E-state index contributed by atoms with van der Waals surface area (Å²) in [5.74, 6) is 0.736. The van der Waals surface area contributed by atoms with Gasteiger partial charge >= 0.3 is 0 Å². The number of nitrogens with one attached hydrogen (secondary N) is 1. The van der Waals surface area contributed by atoms with Gasteiger partial charge in [-0.2, -0.15) is 0 Å². The van der Waals surface area contributed by atoms with Crippen molar-refractivity contribution in [3.63, 3.8) is 0 Å². The minimum absolute atomic E-state index is 0.0533. The summed E-state index contributed by atoms with van der Waals surface area (Å²) in [6.07, 6.45) is 2.63. The molecule has 1 saturated heterocycles. The molecule has 1 aliphatic heterocycles. The van der Waals surface area contributed by atoms with E-state index in [1.807, 2.05) is 43.3 Å². The van der Waals surface area contributed by atoms with E-state index in [1.165, 1.54) is 31.5 Å². The summed E-state index contributed by atoms with van der Waals surface area (Å²) in [7, 11) is 0. The minimum atomic E-state index is -0.0533. The average molecular weight is 322 g/mol. The predicted octanol–water partition coefficient (Wildman–Crippen LogP) is 4.48.